The van der Waals surface area contributed by atoms with Crippen LogP contribution in [0, 0.1) is 0 Å². The summed E-state index contributed by atoms with van der Waals surface area (Å²) in [4.78, 5) is 15.7. The molecule has 140 valence electrons. The number of nitrogens with one attached hydrogen (secondary N) is 1. The van der Waals surface area contributed by atoms with E-state index in [4.69, 9.17) is 0 Å². The number of carbonyl (C=O) groups excluding carboxylic acids is 1. The molecule has 7 heteroatoms. The van der Waals surface area contributed by atoms with E-state index in [1.165, 1.54) is 0 Å². The van der Waals surface area contributed by atoms with E-state index in [0.717, 1.165) is 48.0 Å². The summed E-state index contributed by atoms with van der Waals surface area (Å²) in [5, 5.41) is 11.7. The zero-order valence-electron chi connectivity index (χ0n) is 15.3. The Morgan fingerprint density at radius 2 is 2.04 bits per heavy atom. The average Bonchev–Trinajstić information content (AvgIpc) is 3.13. The topological polar surface area (TPSA) is 62.5 Å². The highest BCUT2D eigenvalue weighted by atomic mass is 32.2. The lowest BCUT2D eigenvalue weighted by Gasteiger charge is -2.30. The second-order valence-electron chi connectivity index (χ2n) is 6.82. The van der Waals surface area contributed by atoms with Crippen LogP contribution >= 0.6 is 11.8 Å². The molecule has 1 amide bonds. The first-order valence-electron chi connectivity index (χ1n) is 9.19. The first-order valence-corrected chi connectivity index (χ1v) is 10.4. The van der Waals surface area contributed by atoms with E-state index in [0.29, 0.717) is 12.5 Å². The second-order valence-corrected chi connectivity index (χ2v) is 7.70. The van der Waals surface area contributed by atoms with Gasteiger partial charge in [-0.2, -0.15) is 0 Å². The van der Waals surface area contributed by atoms with Crippen LogP contribution in [0.15, 0.2) is 53.6 Å². The van der Waals surface area contributed by atoms with Crippen molar-refractivity contribution in [3.05, 3.63) is 54.5 Å². The summed E-state index contributed by atoms with van der Waals surface area (Å²) in [7, 11) is 0. The smallest absolute Gasteiger partial charge is 0.238 e. The number of fused-ring (bicyclic) bond motifs is 1. The summed E-state index contributed by atoms with van der Waals surface area (Å²) in [6.45, 7) is 2.21. The van der Waals surface area contributed by atoms with Gasteiger partial charge < -0.3 is 5.32 Å². The molecule has 0 saturated carbocycles. The molecule has 3 aromatic rings. The largest absolute Gasteiger partial charge is 0.325 e. The molecule has 6 nitrogen and oxygen atoms in total. The SMILES string of the molecule is CSc1cccc(NC(=O)CN2CCC(c3nnc4ccccn34)CC2)c1. The molecule has 1 fully saturated rings. The molecule has 27 heavy (non-hydrogen) atoms. The van der Waals surface area contributed by atoms with Gasteiger partial charge in [0.05, 0.1) is 6.54 Å². The maximum atomic E-state index is 12.4. The number of piperidine rings is 1. The fourth-order valence-corrected chi connectivity index (χ4v) is 4.05. The number of hydrogen-bond acceptors (Lipinski definition) is 5. The summed E-state index contributed by atoms with van der Waals surface area (Å²) >= 11 is 1.67. The van der Waals surface area contributed by atoms with Crippen molar-refractivity contribution in [1.82, 2.24) is 19.5 Å². The molecule has 4 rings (SSSR count). The van der Waals surface area contributed by atoms with Gasteiger partial charge in [-0.25, -0.2) is 0 Å². The van der Waals surface area contributed by atoms with Crippen LogP contribution in [0.25, 0.3) is 5.65 Å². The highest BCUT2D eigenvalue weighted by molar-refractivity contribution is 7.98. The number of aromatic nitrogens is 3. The lowest BCUT2D eigenvalue weighted by Crippen LogP contribution is -2.39. The number of hydrogen-bond donors (Lipinski definition) is 1. The fourth-order valence-electron chi connectivity index (χ4n) is 3.59. The minimum Gasteiger partial charge on any atom is -0.325 e. The van der Waals surface area contributed by atoms with Gasteiger partial charge in [0.15, 0.2) is 5.65 Å². The van der Waals surface area contributed by atoms with E-state index < -0.39 is 0 Å². The van der Waals surface area contributed by atoms with Gasteiger partial charge in [-0.3, -0.25) is 14.1 Å². The number of anilines is 1. The zero-order chi connectivity index (χ0) is 18.6. The standard InChI is InChI=1S/C20H23N5OS/c1-27-17-6-4-5-16(13-17)21-19(26)14-24-11-8-15(9-12-24)20-23-22-18-7-2-3-10-25(18)20/h2-7,10,13,15H,8-9,11-12,14H2,1H3,(H,21,26). The monoisotopic (exact) mass is 381 g/mol. The molecule has 0 aliphatic carbocycles. The number of carbonyl (C=O) groups is 1. The molecule has 2 aromatic heterocycles. The molecule has 0 atom stereocenters. The highest BCUT2D eigenvalue weighted by Gasteiger charge is 2.25. The Morgan fingerprint density at radius 3 is 2.85 bits per heavy atom. The van der Waals surface area contributed by atoms with Crippen LogP contribution in [0.4, 0.5) is 5.69 Å². The third kappa shape index (κ3) is 4.14. The molecule has 1 aromatic carbocycles. The Morgan fingerprint density at radius 1 is 1.19 bits per heavy atom. The molecule has 1 aliphatic rings. The second kappa shape index (κ2) is 8.10. The van der Waals surface area contributed by atoms with Gasteiger partial charge in [0.25, 0.3) is 0 Å². The van der Waals surface area contributed by atoms with Crippen LogP contribution in [-0.2, 0) is 4.79 Å². The Balaban J connectivity index is 1.32. The molecule has 3 heterocycles. The predicted octanol–water partition coefficient (Wildman–Crippen LogP) is 3.27. The van der Waals surface area contributed by atoms with Crippen molar-refractivity contribution in [1.29, 1.82) is 0 Å². The summed E-state index contributed by atoms with van der Waals surface area (Å²) in [6, 6.07) is 13.9. The van der Waals surface area contributed by atoms with Crippen molar-refractivity contribution in [2.75, 3.05) is 31.2 Å². The van der Waals surface area contributed by atoms with Crippen LogP contribution in [0.3, 0.4) is 0 Å². The number of rotatable bonds is 5. The van der Waals surface area contributed by atoms with Crippen molar-refractivity contribution in [3.63, 3.8) is 0 Å². The van der Waals surface area contributed by atoms with Crippen LogP contribution < -0.4 is 5.32 Å². The van der Waals surface area contributed by atoms with Crippen molar-refractivity contribution < 1.29 is 4.79 Å². The molecule has 0 radical (unpaired) electrons. The third-order valence-corrected chi connectivity index (χ3v) is 5.74. The number of likely N-dealkylation sites (tertiary alicyclic amines) is 1. The summed E-state index contributed by atoms with van der Waals surface area (Å²) < 4.78 is 2.08. The average molecular weight is 382 g/mol. The van der Waals surface area contributed by atoms with Gasteiger partial charge in [-0.15, -0.1) is 22.0 Å². The van der Waals surface area contributed by atoms with Crippen LogP contribution in [0.2, 0.25) is 0 Å². The zero-order valence-corrected chi connectivity index (χ0v) is 16.2. The van der Waals surface area contributed by atoms with Crippen molar-refractivity contribution in [2.45, 2.75) is 23.7 Å². The Hall–Kier alpha value is -2.38. The predicted molar refractivity (Wildman–Crippen MR) is 108 cm³/mol. The quantitative estimate of drug-likeness (QED) is 0.687. The Kier molecular flexibility index (Phi) is 5.40. The van der Waals surface area contributed by atoms with E-state index in [-0.39, 0.29) is 5.91 Å². The lowest BCUT2D eigenvalue weighted by molar-refractivity contribution is -0.117. The Labute approximate surface area is 163 Å². The maximum Gasteiger partial charge on any atom is 0.238 e. The van der Waals surface area contributed by atoms with Gasteiger partial charge >= 0.3 is 0 Å². The van der Waals surface area contributed by atoms with Gasteiger partial charge in [-0.05, 0) is 62.5 Å². The minimum absolute atomic E-state index is 0.0413. The van der Waals surface area contributed by atoms with E-state index in [1.54, 1.807) is 11.8 Å². The van der Waals surface area contributed by atoms with E-state index >= 15 is 0 Å². The molecule has 1 aliphatic heterocycles. The van der Waals surface area contributed by atoms with E-state index in [2.05, 4.69) is 24.8 Å². The van der Waals surface area contributed by atoms with Gasteiger partial charge in [0.1, 0.15) is 5.82 Å². The number of thioether (sulfide) groups is 1. The maximum absolute atomic E-state index is 12.4. The van der Waals surface area contributed by atoms with Crippen molar-refractivity contribution >= 4 is 29.0 Å². The van der Waals surface area contributed by atoms with Crippen LogP contribution in [0.5, 0.6) is 0 Å². The lowest BCUT2D eigenvalue weighted by atomic mass is 9.96. The Bertz CT molecular complexity index is 933. The van der Waals surface area contributed by atoms with E-state index in [1.807, 2.05) is 54.9 Å². The number of pyridine rings is 1. The van der Waals surface area contributed by atoms with Crippen LogP contribution in [0.1, 0.15) is 24.6 Å². The molecular weight excluding hydrogens is 358 g/mol. The molecule has 0 spiro atoms. The summed E-state index contributed by atoms with van der Waals surface area (Å²) in [5.74, 6) is 1.46. The summed E-state index contributed by atoms with van der Waals surface area (Å²) in [5.41, 5.74) is 1.75. The van der Waals surface area contributed by atoms with Gasteiger partial charge in [-0.1, -0.05) is 12.1 Å². The molecular formula is C20H23N5OS. The molecule has 0 unspecified atom stereocenters. The van der Waals surface area contributed by atoms with E-state index in [9.17, 15) is 4.79 Å². The molecule has 1 saturated heterocycles. The first-order chi connectivity index (χ1) is 13.2. The number of amides is 1. The van der Waals surface area contributed by atoms with Gasteiger partial charge in [0, 0.05) is 22.7 Å². The highest BCUT2D eigenvalue weighted by Crippen LogP contribution is 2.27. The van der Waals surface area contributed by atoms with Crippen molar-refractivity contribution in [2.24, 2.45) is 0 Å². The fraction of sp³-hybridized carbons (Fsp3) is 0.350. The molecule has 1 N–H and O–H groups in total. The normalized spacial score (nSPS) is 15.9. The van der Waals surface area contributed by atoms with Crippen molar-refractivity contribution in [3.8, 4) is 0 Å². The first kappa shape index (κ1) is 18.0. The number of benzene rings is 1. The van der Waals surface area contributed by atoms with Gasteiger partial charge in [0.2, 0.25) is 5.91 Å². The number of nitrogens with zero attached hydrogens (tertiary/aromatic N) is 4. The molecule has 0 bridgehead atoms. The van der Waals surface area contributed by atoms with Crippen LogP contribution in [-0.4, -0.2) is 51.3 Å². The third-order valence-electron chi connectivity index (χ3n) is 5.01. The summed E-state index contributed by atoms with van der Waals surface area (Å²) in [6.07, 6.45) is 6.03. The minimum atomic E-state index is 0.0413.